The van der Waals surface area contributed by atoms with Crippen LogP contribution < -0.4 is 10.1 Å². The number of aryl methyl sites for hydroxylation is 1. The SMILES string of the molecule is CNC(=O)c1cccc(OC(F)F)c1[C@H]1CCc2nc3ccc(Cl)cc3n21. The number of imidazole rings is 1. The van der Waals surface area contributed by atoms with Gasteiger partial charge >= 0.3 is 6.61 Å². The number of aromatic nitrogens is 2. The zero-order valence-electron chi connectivity index (χ0n) is 14.4. The molecule has 27 heavy (non-hydrogen) atoms. The molecule has 0 aliphatic carbocycles. The molecule has 1 aliphatic rings. The van der Waals surface area contributed by atoms with E-state index in [9.17, 15) is 13.6 Å². The number of carbonyl (C=O) groups excluding carboxylic acids is 1. The van der Waals surface area contributed by atoms with Gasteiger partial charge < -0.3 is 14.6 Å². The van der Waals surface area contributed by atoms with Crippen LogP contribution in [-0.4, -0.2) is 29.1 Å². The van der Waals surface area contributed by atoms with Gasteiger partial charge in [0.2, 0.25) is 0 Å². The fraction of sp³-hybridized carbons (Fsp3) is 0.263. The summed E-state index contributed by atoms with van der Waals surface area (Å²) >= 11 is 6.15. The van der Waals surface area contributed by atoms with Crippen LogP contribution in [0.2, 0.25) is 5.02 Å². The van der Waals surface area contributed by atoms with E-state index in [0.717, 1.165) is 16.9 Å². The number of benzene rings is 2. The summed E-state index contributed by atoms with van der Waals surface area (Å²) in [6.07, 6.45) is 1.28. The van der Waals surface area contributed by atoms with Crippen LogP contribution in [0.25, 0.3) is 11.0 Å². The van der Waals surface area contributed by atoms with E-state index < -0.39 is 6.61 Å². The molecule has 0 fully saturated rings. The highest BCUT2D eigenvalue weighted by Gasteiger charge is 2.33. The molecule has 0 bridgehead atoms. The number of rotatable bonds is 4. The number of hydrogen-bond donors (Lipinski definition) is 1. The normalized spacial score (nSPS) is 16.0. The first kappa shape index (κ1) is 17.7. The van der Waals surface area contributed by atoms with Gasteiger partial charge in [0.25, 0.3) is 5.91 Å². The second-order valence-corrected chi connectivity index (χ2v) is 6.70. The molecule has 0 unspecified atom stereocenters. The zero-order chi connectivity index (χ0) is 19.1. The maximum atomic E-state index is 13.0. The maximum Gasteiger partial charge on any atom is 0.387 e. The van der Waals surface area contributed by atoms with Gasteiger partial charge in [-0.05, 0) is 36.8 Å². The lowest BCUT2D eigenvalue weighted by Gasteiger charge is -2.21. The average molecular weight is 392 g/mol. The Kier molecular flexibility index (Phi) is 4.47. The number of alkyl halides is 2. The Morgan fingerprint density at radius 3 is 2.93 bits per heavy atom. The highest BCUT2D eigenvalue weighted by Crippen LogP contribution is 2.41. The Hall–Kier alpha value is -2.67. The molecule has 0 spiro atoms. The van der Waals surface area contributed by atoms with Gasteiger partial charge in [0.1, 0.15) is 11.6 Å². The molecular formula is C19H16ClF2N3O2. The zero-order valence-corrected chi connectivity index (χ0v) is 15.1. The monoisotopic (exact) mass is 391 g/mol. The van der Waals surface area contributed by atoms with Crippen molar-refractivity contribution in [3.05, 3.63) is 58.4 Å². The predicted molar refractivity (Wildman–Crippen MR) is 97.7 cm³/mol. The lowest BCUT2D eigenvalue weighted by molar-refractivity contribution is -0.0507. The Bertz CT molecular complexity index is 1040. The number of halogens is 3. The molecule has 1 amide bonds. The molecule has 1 aliphatic heterocycles. The number of hydrogen-bond acceptors (Lipinski definition) is 3. The van der Waals surface area contributed by atoms with E-state index in [1.54, 1.807) is 18.2 Å². The predicted octanol–water partition coefficient (Wildman–Crippen LogP) is 4.19. The molecule has 4 rings (SSSR count). The Morgan fingerprint density at radius 1 is 1.37 bits per heavy atom. The van der Waals surface area contributed by atoms with Gasteiger partial charge in [-0.1, -0.05) is 17.7 Å². The fourth-order valence-corrected chi connectivity index (χ4v) is 3.89. The van der Waals surface area contributed by atoms with Crippen molar-refractivity contribution in [1.29, 1.82) is 0 Å². The fourth-order valence-electron chi connectivity index (χ4n) is 3.73. The standard InChI is InChI=1S/C19H16ClF2N3O2/c1-23-18(26)11-3-2-4-15(27-19(21)22)17(11)13-7-8-16-24-12-6-5-10(20)9-14(12)25(13)16/h2-6,9,13,19H,7-8H2,1H3,(H,23,26)/t13-/m1/s1. The van der Waals surface area contributed by atoms with Crippen LogP contribution in [0.3, 0.4) is 0 Å². The molecule has 5 nitrogen and oxygen atoms in total. The summed E-state index contributed by atoms with van der Waals surface area (Å²) in [4.78, 5) is 17.0. The molecule has 1 atom stereocenters. The maximum absolute atomic E-state index is 13.0. The van der Waals surface area contributed by atoms with E-state index in [-0.39, 0.29) is 17.7 Å². The molecule has 0 saturated carbocycles. The topological polar surface area (TPSA) is 56.1 Å². The van der Waals surface area contributed by atoms with E-state index in [0.29, 0.717) is 29.0 Å². The molecule has 0 radical (unpaired) electrons. The molecule has 140 valence electrons. The minimum absolute atomic E-state index is 0.00664. The summed E-state index contributed by atoms with van der Waals surface area (Å²) < 4.78 is 32.7. The molecule has 0 saturated heterocycles. The molecule has 1 N–H and O–H groups in total. The highest BCUT2D eigenvalue weighted by atomic mass is 35.5. The number of amides is 1. The summed E-state index contributed by atoms with van der Waals surface area (Å²) in [6, 6.07) is 9.61. The van der Waals surface area contributed by atoms with Crippen molar-refractivity contribution < 1.29 is 18.3 Å². The van der Waals surface area contributed by atoms with Crippen LogP contribution in [0.1, 0.15) is 34.2 Å². The van der Waals surface area contributed by atoms with Crippen LogP contribution in [-0.2, 0) is 6.42 Å². The lowest BCUT2D eigenvalue weighted by atomic mass is 9.96. The van der Waals surface area contributed by atoms with E-state index in [4.69, 9.17) is 16.3 Å². The van der Waals surface area contributed by atoms with Gasteiger partial charge in [0, 0.05) is 29.6 Å². The minimum atomic E-state index is -2.99. The lowest BCUT2D eigenvalue weighted by Crippen LogP contribution is -2.22. The van der Waals surface area contributed by atoms with Gasteiger partial charge in [0.05, 0.1) is 17.1 Å². The number of fused-ring (bicyclic) bond motifs is 3. The van der Waals surface area contributed by atoms with Gasteiger partial charge in [-0.15, -0.1) is 0 Å². The van der Waals surface area contributed by atoms with Crippen LogP contribution in [0, 0.1) is 0 Å². The molecule has 2 aromatic carbocycles. The van der Waals surface area contributed by atoms with Gasteiger partial charge in [0.15, 0.2) is 0 Å². The van der Waals surface area contributed by atoms with Gasteiger partial charge in [-0.3, -0.25) is 4.79 Å². The van der Waals surface area contributed by atoms with Crippen molar-refractivity contribution in [2.24, 2.45) is 0 Å². The molecule has 1 aromatic heterocycles. The Morgan fingerprint density at radius 2 is 2.19 bits per heavy atom. The van der Waals surface area contributed by atoms with E-state index in [1.165, 1.54) is 19.2 Å². The first-order valence-corrected chi connectivity index (χ1v) is 8.83. The van der Waals surface area contributed by atoms with Crippen molar-refractivity contribution in [2.45, 2.75) is 25.5 Å². The van der Waals surface area contributed by atoms with Crippen molar-refractivity contribution >= 4 is 28.5 Å². The van der Waals surface area contributed by atoms with Crippen LogP contribution in [0.15, 0.2) is 36.4 Å². The molecule has 3 aromatic rings. The number of nitrogens with zero attached hydrogens (tertiary/aromatic N) is 2. The van der Waals surface area contributed by atoms with Crippen molar-refractivity contribution in [3.8, 4) is 5.75 Å². The Balaban J connectivity index is 1.94. The van der Waals surface area contributed by atoms with Crippen LogP contribution in [0.4, 0.5) is 8.78 Å². The third-order valence-corrected chi connectivity index (χ3v) is 5.00. The number of carbonyl (C=O) groups is 1. The van der Waals surface area contributed by atoms with Gasteiger partial charge in [-0.25, -0.2) is 4.98 Å². The van der Waals surface area contributed by atoms with Crippen molar-refractivity contribution in [1.82, 2.24) is 14.9 Å². The van der Waals surface area contributed by atoms with E-state index >= 15 is 0 Å². The molecule has 8 heteroatoms. The first-order valence-electron chi connectivity index (χ1n) is 8.45. The van der Waals surface area contributed by atoms with Crippen LogP contribution in [0.5, 0.6) is 5.75 Å². The number of nitrogens with one attached hydrogen (secondary N) is 1. The Labute approximate surface area is 158 Å². The summed E-state index contributed by atoms with van der Waals surface area (Å²) in [5.74, 6) is 0.459. The minimum Gasteiger partial charge on any atom is -0.434 e. The third-order valence-electron chi connectivity index (χ3n) is 4.76. The largest absolute Gasteiger partial charge is 0.434 e. The van der Waals surface area contributed by atoms with Crippen LogP contribution >= 0.6 is 11.6 Å². The molecule has 2 heterocycles. The first-order chi connectivity index (χ1) is 13.0. The summed E-state index contributed by atoms with van der Waals surface area (Å²) in [5.41, 5.74) is 2.30. The van der Waals surface area contributed by atoms with E-state index in [1.807, 2.05) is 10.6 Å². The summed E-state index contributed by atoms with van der Waals surface area (Å²) in [7, 11) is 1.50. The number of ether oxygens (including phenoxy) is 1. The summed E-state index contributed by atoms with van der Waals surface area (Å²) in [5, 5.41) is 3.12. The second kappa shape index (κ2) is 6.81. The quantitative estimate of drug-likeness (QED) is 0.725. The van der Waals surface area contributed by atoms with Crippen molar-refractivity contribution in [2.75, 3.05) is 7.05 Å². The molecular weight excluding hydrogens is 376 g/mol. The second-order valence-electron chi connectivity index (χ2n) is 6.26. The van der Waals surface area contributed by atoms with E-state index in [2.05, 4.69) is 10.3 Å². The summed E-state index contributed by atoms with van der Waals surface area (Å²) in [6.45, 7) is -2.99. The smallest absolute Gasteiger partial charge is 0.387 e. The van der Waals surface area contributed by atoms with Crippen molar-refractivity contribution in [3.63, 3.8) is 0 Å². The average Bonchev–Trinajstić information content (AvgIpc) is 3.20. The van der Waals surface area contributed by atoms with Gasteiger partial charge in [-0.2, -0.15) is 8.78 Å². The highest BCUT2D eigenvalue weighted by molar-refractivity contribution is 6.31. The third kappa shape index (κ3) is 3.02.